The molecule has 124 valence electrons. The first-order valence-electron chi connectivity index (χ1n) is 8.71. The van der Waals surface area contributed by atoms with E-state index in [1.54, 1.807) is 0 Å². The van der Waals surface area contributed by atoms with Gasteiger partial charge < -0.3 is 0 Å². The number of benzene rings is 4. The predicted octanol–water partition coefficient (Wildman–Crippen LogP) is 7.55. The molecule has 4 aromatic carbocycles. The van der Waals surface area contributed by atoms with Crippen molar-refractivity contribution in [2.45, 2.75) is 30.4 Å². The largest absolute Gasteiger partial charge is 0.120 e. The van der Waals surface area contributed by atoms with Crippen molar-refractivity contribution in [2.24, 2.45) is 0 Å². The van der Waals surface area contributed by atoms with E-state index < -0.39 is 0 Å². The molecule has 0 aromatic heterocycles. The van der Waals surface area contributed by atoms with Crippen molar-refractivity contribution >= 4 is 33.3 Å². The fraction of sp³-hybridized carbons (Fsp3) is 0.167. The van der Waals surface area contributed by atoms with Crippen LogP contribution in [0.15, 0.2) is 83.8 Å². The molecule has 0 saturated carbocycles. The van der Waals surface area contributed by atoms with Crippen LogP contribution in [-0.4, -0.2) is 4.75 Å². The Balaban J connectivity index is 1.92. The van der Waals surface area contributed by atoms with Gasteiger partial charge in [-0.1, -0.05) is 81.4 Å². The zero-order valence-electron chi connectivity index (χ0n) is 14.9. The van der Waals surface area contributed by atoms with E-state index in [-0.39, 0.29) is 4.75 Å². The molecule has 0 fully saturated rings. The lowest BCUT2D eigenvalue weighted by Gasteiger charge is -2.18. The van der Waals surface area contributed by atoms with Gasteiger partial charge in [-0.05, 0) is 50.9 Å². The topological polar surface area (TPSA) is 0 Å². The standard InChI is InChI=1S/C24H22S/c1-24(2,3)25-20-14-12-17(13-15-20)23-21-10-6-4-8-18(21)16-19-9-5-7-11-22(19)23/h4-16H,1-3H3. The van der Waals surface area contributed by atoms with Gasteiger partial charge in [-0.2, -0.15) is 0 Å². The Morgan fingerprint density at radius 3 is 1.68 bits per heavy atom. The fourth-order valence-corrected chi connectivity index (χ4v) is 4.35. The lowest BCUT2D eigenvalue weighted by atomic mass is 9.92. The highest BCUT2D eigenvalue weighted by molar-refractivity contribution is 8.00. The maximum absolute atomic E-state index is 2.29. The minimum absolute atomic E-state index is 0.230. The summed E-state index contributed by atoms with van der Waals surface area (Å²) in [7, 11) is 0. The van der Waals surface area contributed by atoms with Gasteiger partial charge in [0.05, 0.1) is 0 Å². The zero-order chi connectivity index (χ0) is 17.4. The zero-order valence-corrected chi connectivity index (χ0v) is 15.7. The molecule has 25 heavy (non-hydrogen) atoms. The molecule has 0 N–H and O–H groups in total. The lowest BCUT2D eigenvalue weighted by molar-refractivity contribution is 0.803. The summed E-state index contributed by atoms with van der Waals surface area (Å²) in [5.41, 5.74) is 2.62. The van der Waals surface area contributed by atoms with Gasteiger partial charge in [-0.25, -0.2) is 0 Å². The summed E-state index contributed by atoms with van der Waals surface area (Å²) < 4.78 is 0.230. The van der Waals surface area contributed by atoms with Crippen LogP contribution in [0.1, 0.15) is 20.8 Å². The van der Waals surface area contributed by atoms with E-state index >= 15 is 0 Å². The highest BCUT2D eigenvalue weighted by Crippen LogP contribution is 2.38. The number of hydrogen-bond donors (Lipinski definition) is 0. The Hall–Kier alpha value is -2.25. The first kappa shape index (κ1) is 16.2. The van der Waals surface area contributed by atoms with Gasteiger partial charge in [-0.15, -0.1) is 11.8 Å². The third-order valence-electron chi connectivity index (χ3n) is 4.34. The van der Waals surface area contributed by atoms with Gasteiger partial charge in [0.1, 0.15) is 0 Å². The molecule has 0 bridgehead atoms. The molecule has 0 aliphatic heterocycles. The van der Waals surface area contributed by atoms with Crippen molar-refractivity contribution < 1.29 is 0 Å². The maximum Gasteiger partial charge on any atom is 0.0122 e. The first-order chi connectivity index (χ1) is 12.0. The van der Waals surface area contributed by atoms with Crippen LogP contribution in [0, 0.1) is 0 Å². The molecular formula is C24H22S. The molecule has 0 amide bonds. The lowest BCUT2D eigenvalue weighted by Crippen LogP contribution is -2.06. The van der Waals surface area contributed by atoms with Crippen LogP contribution in [0.3, 0.4) is 0 Å². The van der Waals surface area contributed by atoms with Gasteiger partial charge in [0, 0.05) is 9.64 Å². The molecule has 0 nitrogen and oxygen atoms in total. The molecule has 4 aromatic rings. The van der Waals surface area contributed by atoms with Gasteiger partial charge in [0.25, 0.3) is 0 Å². The summed E-state index contributed by atoms with van der Waals surface area (Å²) in [4.78, 5) is 1.32. The summed E-state index contributed by atoms with van der Waals surface area (Å²) in [6.45, 7) is 6.76. The number of hydrogen-bond acceptors (Lipinski definition) is 1. The highest BCUT2D eigenvalue weighted by Gasteiger charge is 2.13. The Labute approximate surface area is 153 Å². The average Bonchev–Trinajstić information content (AvgIpc) is 2.59. The van der Waals surface area contributed by atoms with E-state index in [2.05, 4.69) is 99.6 Å². The van der Waals surface area contributed by atoms with Crippen molar-refractivity contribution in [1.82, 2.24) is 0 Å². The number of fused-ring (bicyclic) bond motifs is 2. The van der Waals surface area contributed by atoms with E-state index in [0.717, 1.165) is 0 Å². The second kappa shape index (κ2) is 6.24. The molecule has 0 unspecified atom stereocenters. The number of rotatable bonds is 2. The van der Waals surface area contributed by atoms with Gasteiger partial charge in [-0.3, -0.25) is 0 Å². The summed E-state index contributed by atoms with van der Waals surface area (Å²) in [6.07, 6.45) is 0. The SMILES string of the molecule is CC(C)(C)Sc1ccc(-c2c3ccccc3cc3ccccc23)cc1. The molecule has 0 aliphatic carbocycles. The van der Waals surface area contributed by atoms with Crippen LogP contribution in [0.25, 0.3) is 32.7 Å². The smallest absolute Gasteiger partial charge is 0.0122 e. The molecule has 4 rings (SSSR count). The van der Waals surface area contributed by atoms with E-state index in [1.165, 1.54) is 37.6 Å². The van der Waals surface area contributed by atoms with E-state index in [4.69, 9.17) is 0 Å². The van der Waals surface area contributed by atoms with Gasteiger partial charge in [0.15, 0.2) is 0 Å². The minimum Gasteiger partial charge on any atom is -0.120 e. The molecule has 0 radical (unpaired) electrons. The summed E-state index contributed by atoms with van der Waals surface area (Å²) in [6, 6.07) is 28.7. The minimum atomic E-state index is 0.230. The summed E-state index contributed by atoms with van der Waals surface area (Å²) in [5.74, 6) is 0. The predicted molar refractivity (Wildman–Crippen MR) is 113 cm³/mol. The van der Waals surface area contributed by atoms with Crippen LogP contribution in [0.5, 0.6) is 0 Å². The van der Waals surface area contributed by atoms with Crippen molar-refractivity contribution in [2.75, 3.05) is 0 Å². The Morgan fingerprint density at radius 2 is 1.16 bits per heavy atom. The molecule has 0 atom stereocenters. The van der Waals surface area contributed by atoms with Crippen LogP contribution in [0.4, 0.5) is 0 Å². The molecule has 0 heterocycles. The fourth-order valence-electron chi connectivity index (χ4n) is 3.37. The van der Waals surface area contributed by atoms with Crippen molar-refractivity contribution in [1.29, 1.82) is 0 Å². The van der Waals surface area contributed by atoms with Crippen LogP contribution in [0.2, 0.25) is 0 Å². The highest BCUT2D eigenvalue weighted by atomic mass is 32.2. The van der Waals surface area contributed by atoms with Crippen molar-refractivity contribution in [3.05, 3.63) is 78.9 Å². The molecular weight excluding hydrogens is 320 g/mol. The van der Waals surface area contributed by atoms with Crippen LogP contribution >= 0.6 is 11.8 Å². The number of thioether (sulfide) groups is 1. The molecule has 1 heteroatoms. The molecule has 0 aliphatic rings. The summed E-state index contributed by atoms with van der Waals surface area (Å²) >= 11 is 1.91. The third kappa shape index (κ3) is 3.29. The van der Waals surface area contributed by atoms with Crippen molar-refractivity contribution in [3.8, 4) is 11.1 Å². The average molecular weight is 343 g/mol. The Morgan fingerprint density at radius 1 is 0.640 bits per heavy atom. The second-order valence-corrected chi connectivity index (χ2v) is 9.33. The second-order valence-electron chi connectivity index (χ2n) is 7.43. The molecule has 0 spiro atoms. The molecule has 0 saturated heterocycles. The Bertz CT molecular complexity index is 983. The van der Waals surface area contributed by atoms with Gasteiger partial charge in [0.2, 0.25) is 0 Å². The third-order valence-corrected chi connectivity index (χ3v) is 5.46. The maximum atomic E-state index is 2.29. The Kier molecular flexibility index (Phi) is 4.05. The quantitative estimate of drug-likeness (QED) is 0.268. The first-order valence-corrected chi connectivity index (χ1v) is 9.53. The van der Waals surface area contributed by atoms with E-state index in [0.29, 0.717) is 0 Å². The van der Waals surface area contributed by atoms with E-state index in [9.17, 15) is 0 Å². The normalized spacial score (nSPS) is 12.0. The van der Waals surface area contributed by atoms with Crippen LogP contribution < -0.4 is 0 Å². The summed E-state index contributed by atoms with van der Waals surface area (Å²) in [5, 5.41) is 5.23. The van der Waals surface area contributed by atoms with E-state index in [1.807, 2.05) is 11.8 Å². The van der Waals surface area contributed by atoms with Crippen molar-refractivity contribution in [3.63, 3.8) is 0 Å². The van der Waals surface area contributed by atoms with Gasteiger partial charge >= 0.3 is 0 Å². The monoisotopic (exact) mass is 342 g/mol. The van der Waals surface area contributed by atoms with Crippen LogP contribution in [-0.2, 0) is 0 Å².